The first kappa shape index (κ1) is 25.4. The van der Waals surface area contributed by atoms with Crippen molar-refractivity contribution in [2.45, 2.75) is 18.8 Å². The minimum atomic E-state index is -0.763. The second kappa shape index (κ2) is 10.0. The maximum Gasteiger partial charge on any atom is 0.338 e. The van der Waals surface area contributed by atoms with E-state index in [-0.39, 0.29) is 58.3 Å². The summed E-state index contributed by atoms with van der Waals surface area (Å²) in [5, 5.41) is 13.3. The van der Waals surface area contributed by atoms with Crippen LogP contribution in [0.2, 0.25) is 0 Å². The predicted octanol–water partition coefficient (Wildman–Crippen LogP) is 4.32. The summed E-state index contributed by atoms with van der Waals surface area (Å²) in [7, 11) is 0. The third-order valence-electron chi connectivity index (χ3n) is 8.28. The third-order valence-corrected chi connectivity index (χ3v) is 8.28. The summed E-state index contributed by atoms with van der Waals surface area (Å²) < 4.78 is 5.07. The largest absolute Gasteiger partial charge is 0.452 e. The molecule has 0 unspecified atom stereocenters. The number of benzene rings is 3. The molecule has 5 atom stereocenters. The van der Waals surface area contributed by atoms with Crippen molar-refractivity contribution in [1.29, 1.82) is 0 Å². The molecule has 10 heteroatoms. The van der Waals surface area contributed by atoms with Crippen molar-refractivity contribution >= 4 is 40.8 Å². The SMILES string of the molecule is O=C(COC(=O)c1ccc(N2C(=O)[C@@H]3[C@@H]4C[C@@H]([C@H]3C2=O)[C@H](c2ccccc2)C4)cc1)Nc1cccc([N+](=O)[O-])c1. The molecule has 0 aromatic heterocycles. The van der Waals surface area contributed by atoms with Crippen LogP contribution in [0.3, 0.4) is 0 Å². The Morgan fingerprint density at radius 2 is 1.65 bits per heavy atom. The molecule has 3 amide bonds. The number of nitro groups is 1. The normalized spacial score (nSPS) is 24.6. The molecule has 3 aliphatic rings. The molecule has 3 aromatic rings. The molecule has 0 radical (unpaired) electrons. The lowest BCUT2D eigenvalue weighted by atomic mass is 9.73. The number of nitro benzene ring substituents is 1. The fourth-order valence-corrected chi connectivity index (χ4v) is 6.65. The molecule has 1 N–H and O–H groups in total. The van der Waals surface area contributed by atoms with Gasteiger partial charge in [0.15, 0.2) is 6.61 Å². The average Bonchev–Trinajstić information content (AvgIpc) is 3.63. The van der Waals surface area contributed by atoms with E-state index in [1.54, 1.807) is 0 Å². The molecule has 10 nitrogen and oxygen atoms in total. The van der Waals surface area contributed by atoms with Gasteiger partial charge in [0.25, 0.3) is 11.6 Å². The maximum absolute atomic E-state index is 13.5. The second-order valence-electron chi connectivity index (χ2n) is 10.5. The quantitative estimate of drug-likeness (QED) is 0.204. The van der Waals surface area contributed by atoms with E-state index in [9.17, 15) is 29.3 Å². The van der Waals surface area contributed by atoms with Crippen molar-refractivity contribution in [2.24, 2.45) is 23.7 Å². The van der Waals surface area contributed by atoms with Crippen LogP contribution in [0.25, 0.3) is 0 Å². The molecule has 1 saturated heterocycles. The average molecular weight is 540 g/mol. The number of carbonyl (C=O) groups excluding carboxylic acids is 4. The zero-order chi connectivity index (χ0) is 28.0. The van der Waals surface area contributed by atoms with E-state index in [4.69, 9.17) is 4.74 Å². The number of carbonyl (C=O) groups is 4. The lowest BCUT2D eigenvalue weighted by Crippen LogP contribution is -2.33. The fourth-order valence-electron chi connectivity index (χ4n) is 6.65. The van der Waals surface area contributed by atoms with Crippen LogP contribution in [0.4, 0.5) is 17.1 Å². The van der Waals surface area contributed by atoms with Crippen molar-refractivity contribution in [2.75, 3.05) is 16.8 Å². The van der Waals surface area contributed by atoms with E-state index in [0.29, 0.717) is 5.69 Å². The fraction of sp³-hybridized carbons (Fsp3) is 0.267. The van der Waals surface area contributed by atoms with Gasteiger partial charge in [-0.25, -0.2) is 4.79 Å². The van der Waals surface area contributed by atoms with Gasteiger partial charge in [0.2, 0.25) is 11.8 Å². The topological polar surface area (TPSA) is 136 Å². The molecule has 2 saturated carbocycles. The highest BCUT2D eigenvalue weighted by Crippen LogP contribution is 2.61. The number of nitrogens with one attached hydrogen (secondary N) is 1. The smallest absolute Gasteiger partial charge is 0.338 e. The van der Waals surface area contributed by atoms with Crippen molar-refractivity contribution in [3.8, 4) is 0 Å². The van der Waals surface area contributed by atoms with Crippen LogP contribution in [0.5, 0.6) is 0 Å². The Morgan fingerprint density at radius 1 is 0.925 bits per heavy atom. The highest BCUT2D eigenvalue weighted by atomic mass is 16.6. The Balaban J connectivity index is 1.09. The number of fused-ring (bicyclic) bond motifs is 5. The first-order valence-corrected chi connectivity index (χ1v) is 13.1. The van der Waals surface area contributed by atoms with Crippen molar-refractivity contribution in [3.63, 3.8) is 0 Å². The van der Waals surface area contributed by atoms with Crippen LogP contribution >= 0.6 is 0 Å². The van der Waals surface area contributed by atoms with Crippen LogP contribution in [-0.4, -0.2) is 35.2 Å². The summed E-state index contributed by atoms with van der Waals surface area (Å²) in [5.74, 6) is -1.81. The van der Waals surface area contributed by atoms with Crippen LogP contribution in [-0.2, 0) is 19.1 Å². The molecule has 6 rings (SSSR count). The van der Waals surface area contributed by atoms with Crippen LogP contribution < -0.4 is 10.2 Å². The first-order chi connectivity index (χ1) is 19.3. The van der Waals surface area contributed by atoms with Gasteiger partial charge in [0.1, 0.15) is 0 Å². The van der Waals surface area contributed by atoms with E-state index in [0.717, 1.165) is 12.8 Å². The van der Waals surface area contributed by atoms with Gasteiger partial charge in [-0.3, -0.25) is 29.4 Å². The zero-order valence-electron chi connectivity index (χ0n) is 21.3. The minimum Gasteiger partial charge on any atom is -0.452 e. The van der Waals surface area contributed by atoms with Gasteiger partial charge >= 0.3 is 5.97 Å². The summed E-state index contributed by atoms with van der Waals surface area (Å²) >= 11 is 0. The molecule has 1 aliphatic heterocycles. The Kier molecular flexibility index (Phi) is 6.37. The molecule has 3 aromatic carbocycles. The standard InChI is InChI=1S/C30H25N3O7/c34-25(31-20-7-4-8-22(15-20)33(38)39)16-40-30(37)18-9-11-21(12-10-18)32-28(35)26-19-13-23(17-5-2-1-3-6-17)24(14-19)27(26)29(32)36/h1-12,15,19,23-24,26-27H,13-14,16H2,(H,31,34)/t19-,23-,24+,26+,27+/m0/s1. The molecule has 3 fully saturated rings. The number of amides is 3. The summed E-state index contributed by atoms with van der Waals surface area (Å²) in [4.78, 5) is 63.1. The van der Waals surface area contributed by atoms with Crippen LogP contribution in [0, 0.1) is 33.8 Å². The zero-order valence-corrected chi connectivity index (χ0v) is 21.3. The first-order valence-electron chi connectivity index (χ1n) is 13.1. The van der Waals surface area contributed by atoms with Gasteiger partial charge in [-0.05, 0) is 66.5 Å². The van der Waals surface area contributed by atoms with Gasteiger partial charge in [-0.15, -0.1) is 0 Å². The number of hydrogen-bond donors (Lipinski definition) is 1. The van der Waals surface area contributed by atoms with E-state index < -0.39 is 23.4 Å². The van der Waals surface area contributed by atoms with E-state index in [1.165, 1.54) is 59.0 Å². The number of nitrogens with zero attached hydrogens (tertiary/aromatic N) is 2. The number of non-ortho nitro benzene ring substituents is 1. The lowest BCUT2D eigenvalue weighted by Gasteiger charge is -2.28. The molecule has 202 valence electrons. The summed E-state index contributed by atoms with van der Waals surface area (Å²) in [6.45, 7) is -0.596. The summed E-state index contributed by atoms with van der Waals surface area (Å²) in [5.41, 5.74) is 1.79. The Hall–Kier alpha value is -4.86. The second-order valence-corrected chi connectivity index (χ2v) is 10.5. The van der Waals surface area contributed by atoms with E-state index in [1.807, 2.05) is 18.2 Å². The molecule has 2 bridgehead atoms. The van der Waals surface area contributed by atoms with Crippen LogP contribution in [0.1, 0.15) is 34.7 Å². The monoisotopic (exact) mass is 539 g/mol. The highest BCUT2D eigenvalue weighted by Gasteiger charge is 2.64. The van der Waals surface area contributed by atoms with Gasteiger partial charge in [0, 0.05) is 17.8 Å². The summed E-state index contributed by atoms with van der Waals surface area (Å²) in [6.07, 6.45) is 1.79. The molecular formula is C30H25N3O7. The third kappa shape index (κ3) is 4.41. The van der Waals surface area contributed by atoms with Gasteiger partial charge in [0.05, 0.1) is 28.0 Å². The molecule has 1 heterocycles. The minimum absolute atomic E-state index is 0.140. The predicted molar refractivity (Wildman–Crippen MR) is 143 cm³/mol. The van der Waals surface area contributed by atoms with E-state index in [2.05, 4.69) is 17.4 Å². The number of imide groups is 1. The van der Waals surface area contributed by atoms with Crippen molar-refractivity contribution < 1.29 is 28.8 Å². The number of ether oxygens (including phenoxy) is 1. The van der Waals surface area contributed by atoms with Crippen molar-refractivity contribution in [3.05, 3.63) is 100 Å². The number of anilines is 2. The molecule has 2 aliphatic carbocycles. The molecule has 40 heavy (non-hydrogen) atoms. The maximum atomic E-state index is 13.5. The van der Waals surface area contributed by atoms with Gasteiger partial charge < -0.3 is 10.1 Å². The lowest BCUT2D eigenvalue weighted by molar-refractivity contribution is -0.384. The van der Waals surface area contributed by atoms with Gasteiger partial charge in [-0.2, -0.15) is 0 Å². The van der Waals surface area contributed by atoms with Crippen LogP contribution in [0.15, 0.2) is 78.9 Å². The van der Waals surface area contributed by atoms with Crippen molar-refractivity contribution in [1.82, 2.24) is 0 Å². The summed E-state index contributed by atoms with van der Waals surface area (Å²) in [6, 6.07) is 21.5. The molecule has 0 spiro atoms. The number of rotatable bonds is 7. The van der Waals surface area contributed by atoms with E-state index >= 15 is 0 Å². The van der Waals surface area contributed by atoms with Gasteiger partial charge in [-0.1, -0.05) is 36.4 Å². The Morgan fingerprint density at radius 3 is 2.38 bits per heavy atom. The number of esters is 1. The Bertz CT molecular complexity index is 1520. The highest BCUT2D eigenvalue weighted by molar-refractivity contribution is 6.22. The number of hydrogen-bond acceptors (Lipinski definition) is 7. The Labute approximate surface area is 229 Å². The molecular weight excluding hydrogens is 514 g/mol.